The molecule has 3 rings (SSSR count). The van der Waals surface area contributed by atoms with Gasteiger partial charge in [0.1, 0.15) is 11.6 Å². The topological polar surface area (TPSA) is 55.4 Å². The summed E-state index contributed by atoms with van der Waals surface area (Å²) in [7, 11) is 0. The molecule has 0 aliphatic rings. The zero-order chi connectivity index (χ0) is 18.4. The van der Waals surface area contributed by atoms with Crippen LogP contribution in [0.3, 0.4) is 0 Å². The molecular formula is C20H16FNO3S. The highest BCUT2D eigenvalue weighted by Gasteiger charge is 2.09. The molecule has 0 saturated heterocycles. The first-order chi connectivity index (χ1) is 12.6. The molecular weight excluding hydrogens is 353 g/mol. The summed E-state index contributed by atoms with van der Waals surface area (Å²) in [5.74, 6) is -0.510. The van der Waals surface area contributed by atoms with Crippen molar-refractivity contribution in [3.8, 4) is 5.75 Å². The molecule has 1 N–H and O–H groups in total. The van der Waals surface area contributed by atoms with Gasteiger partial charge in [-0.1, -0.05) is 18.2 Å². The maximum Gasteiger partial charge on any atom is 0.311 e. The molecule has 6 heteroatoms. The van der Waals surface area contributed by atoms with E-state index in [1.54, 1.807) is 42.5 Å². The van der Waals surface area contributed by atoms with Crippen molar-refractivity contribution in [2.45, 2.75) is 12.8 Å². The zero-order valence-corrected chi connectivity index (χ0v) is 14.6. The monoisotopic (exact) mass is 369 g/mol. The number of esters is 1. The number of amides is 1. The standard InChI is InChI=1S/C20H16FNO3S/c21-15-4-1-3-14(13-15)6-11-19(23)25-17-9-7-16(8-10-17)22-20(24)18-5-2-12-26-18/h1-5,7-10,12-13H,6,11H2,(H,22,24). The first kappa shape index (κ1) is 17.8. The Balaban J connectivity index is 1.50. The van der Waals surface area contributed by atoms with Gasteiger partial charge in [0, 0.05) is 12.1 Å². The lowest BCUT2D eigenvalue weighted by Crippen LogP contribution is -2.11. The van der Waals surface area contributed by atoms with E-state index in [0.29, 0.717) is 22.7 Å². The van der Waals surface area contributed by atoms with Crippen LogP contribution >= 0.6 is 11.3 Å². The number of hydrogen-bond acceptors (Lipinski definition) is 4. The van der Waals surface area contributed by atoms with Gasteiger partial charge in [0.05, 0.1) is 4.88 Å². The molecule has 1 amide bonds. The van der Waals surface area contributed by atoms with Crippen molar-refractivity contribution in [3.63, 3.8) is 0 Å². The number of thiophene rings is 1. The second-order valence-electron chi connectivity index (χ2n) is 5.56. The van der Waals surface area contributed by atoms with Crippen molar-refractivity contribution < 1.29 is 18.7 Å². The first-order valence-electron chi connectivity index (χ1n) is 8.00. The van der Waals surface area contributed by atoms with E-state index in [9.17, 15) is 14.0 Å². The van der Waals surface area contributed by atoms with Crippen molar-refractivity contribution in [3.05, 3.63) is 82.3 Å². The number of hydrogen-bond donors (Lipinski definition) is 1. The number of nitrogens with one attached hydrogen (secondary N) is 1. The van der Waals surface area contributed by atoms with E-state index in [2.05, 4.69) is 5.32 Å². The fourth-order valence-corrected chi connectivity index (χ4v) is 2.95. The minimum atomic E-state index is -0.398. The fourth-order valence-electron chi connectivity index (χ4n) is 2.33. The van der Waals surface area contributed by atoms with Gasteiger partial charge in [-0.05, 0) is 59.8 Å². The third kappa shape index (κ3) is 5.00. The summed E-state index contributed by atoms with van der Waals surface area (Å²) < 4.78 is 18.4. The van der Waals surface area contributed by atoms with E-state index in [0.717, 1.165) is 5.56 Å². The average Bonchev–Trinajstić information content (AvgIpc) is 3.17. The van der Waals surface area contributed by atoms with Crippen LogP contribution in [-0.4, -0.2) is 11.9 Å². The lowest BCUT2D eigenvalue weighted by molar-refractivity contribution is -0.134. The Morgan fingerprint density at radius 2 is 1.85 bits per heavy atom. The number of ether oxygens (including phenoxy) is 1. The number of anilines is 1. The van der Waals surface area contributed by atoms with Gasteiger partial charge in [-0.25, -0.2) is 4.39 Å². The number of halogens is 1. The van der Waals surface area contributed by atoms with Crippen molar-refractivity contribution in [2.75, 3.05) is 5.32 Å². The number of aryl methyl sites for hydroxylation is 1. The van der Waals surface area contributed by atoms with Gasteiger partial charge >= 0.3 is 5.97 Å². The Kier molecular flexibility index (Phi) is 5.76. The van der Waals surface area contributed by atoms with E-state index in [1.807, 2.05) is 11.4 Å². The van der Waals surface area contributed by atoms with Crippen LogP contribution in [0.15, 0.2) is 66.0 Å². The van der Waals surface area contributed by atoms with Crippen molar-refractivity contribution in [1.29, 1.82) is 0 Å². The molecule has 0 atom stereocenters. The molecule has 0 saturated carbocycles. The molecule has 0 bridgehead atoms. The van der Waals surface area contributed by atoms with Gasteiger partial charge in [-0.3, -0.25) is 9.59 Å². The van der Waals surface area contributed by atoms with Gasteiger partial charge in [-0.15, -0.1) is 11.3 Å². The van der Waals surface area contributed by atoms with E-state index >= 15 is 0 Å². The predicted molar refractivity (Wildman–Crippen MR) is 99.1 cm³/mol. The SMILES string of the molecule is O=C(CCc1cccc(F)c1)Oc1ccc(NC(=O)c2cccs2)cc1. The van der Waals surface area contributed by atoms with E-state index in [1.165, 1.54) is 23.5 Å². The van der Waals surface area contributed by atoms with Crippen LogP contribution in [-0.2, 0) is 11.2 Å². The zero-order valence-electron chi connectivity index (χ0n) is 13.8. The smallest absolute Gasteiger partial charge is 0.311 e. The Bertz CT molecular complexity index is 892. The number of rotatable bonds is 6. The molecule has 0 unspecified atom stereocenters. The summed E-state index contributed by atoms with van der Waals surface area (Å²) in [6.45, 7) is 0. The van der Waals surface area contributed by atoms with Gasteiger partial charge < -0.3 is 10.1 Å². The molecule has 4 nitrogen and oxygen atoms in total. The minimum Gasteiger partial charge on any atom is -0.427 e. The van der Waals surface area contributed by atoms with Gasteiger partial charge in [0.2, 0.25) is 0 Å². The third-order valence-electron chi connectivity index (χ3n) is 3.60. The number of carbonyl (C=O) groups excluding carboxylic acids is 2. The lowest BCUT2D eigenvalue weighted by Gasteiger charge is -2.07. The molecule has 0 aliphatic carbocycles. The summed E-state index contributed by atoms with van der Waals surface area (Å²) in [4.78, 5) is 24.5. The molecule has 0 spiro atoms. The van der Waals surface area contributed by atoms with Crippen molar-refractivity contribution >= 4 is 28.9 Å². The molecule has 26 heavy (non-hydrogen) atoms. The summed E-state index contributed by atoms with van der Waals surface area (Å²) in [5.41, 5.74) is 1.36. The normalized spacial score (nSPS) is 10.3. The van der Waals surface area contributed by atoms with Crippen LogP contribution in [0.25, 0.3) is 0 Å². The molecule has 0 radical (unpaired) electrons. The summed E-state index contributed by atoms with van der Waals surface area (Å²) in [6, 6.07) is 16.3. The summed E-state index contributed by atoms with van der Waals surface area (Å²) >= 11 is 1.36. The fraction of sp³-hybridized carbons (Fsp3) is 0.100. The van der Waals surface area contributed by atoms with Crippen molar-refractivity contribution in [1.82, 2.24) is 0 Å². The highest BCUT2D eigenvalue weighted by molar-refractivity contribution is 7.12. The van der Waals surface area contributed by atoms with Gasteiger partial charge in [0.25, 0.3) is 5.91 Å². The lowest BCUT2D eigenvalue weighted by atomic mass is 10.1. The van der Waals surface area contributed by atoms with Crippen LogP contribution in [0, 0.1) is 5.82 Å². The Labute approximate surface area is 154 Å². The first-order valence-corrected chi connectivity index (χ1v) is 8.88. The molecule has 0 aliphatic heterocycles. The van der Waals surface area contributed by atoms with Crippen LogP contribution in [0.2, 0.25) is 0 Å². The Morgan fingerprint density at radius 1 is 1.04 bits per heavy atom. The highest BCUT2D eigenvalue weighted by atomic mass is 32.1. The Morgan fingerprint density at radius 3 is 2.54 bits per heavy atom. The minimum absolute atomic E-state index is 0.153. The third-order valence-corrected chi connectivity index (χ3v) is 4.46. The van der Waals surface area contributed by atoms with Gasteiger partial charge in [-0.2, -0.15) is 0 Å². The van der Waals surface area contributed by atoms with E-state index < -0.39 is 5.97 Å². The number of carbonyl (C=O) groups is 2. The maximum atomic E-state index is 13.1. The van der Waals surface area contributed by atoms with Crippen LogP contribution in [0.4, 0.5) is 10.1 Å². The molecule has 1 aromatic heterocycles. The average molecular weight is 369 g/mol. The van der Waals surface area contributed by atoms with E-state index in [-0.39, 0.29) is 18.1 Å². The molecule has 132 valence electrons. The maximum absolute atomic E-state index is 13.1. The van der Waals surface area contributed by atoms with Gasteiger partial charge in [0.15, 0.2) is 0 Å². The van der Waals surface area contributed by atoms with Crippen LogP contribution in [0.5, 0.6) is 5.75 Å². The predicted octanol–water partition coefficient (Wildman–Crippen LogP) is 4.68. The Hall–Kier alpha value is -2.99. The van der Waals surface area contributed by atoms with Crippen LogP contribution in [0.1, 0.15) is 21.7 Å². The number of benzene rings is 2. The second-order valence-corrected chi connectivity index (χ2v) is 6.51. The highest BCUT2D eigenvalue weighted by Crippen LogP contribution is 2.18. The van der Waals surface area contributed by atoms with Crippen molar-refractivity contribution in [2.24, 2.45) is 0 Å². The molecule has 1 heterocycles. The molecule has 0 fully saturated rings. The summed E-state index contributed by atoms with van der Waals surface area (Å²) in [6.07, 6.45) is 0.561. The summed E-state index contributed by atoms with van der Waals surface area (Å²) in [5, 5.41) is 4.61. The molecule has 2 aromatic carbocycles. The van der Waals surface area contributed by atoms with Crippen LogP contribution < -0.4 is 10.1 Å². The quantitative estimate of drug-likeness (QED) is 0.507. The second kappa shape index (κ2) is 8.40. The largest absolute Gasteiger partial charge is 0.427 e. The van der Waals surface area contributed by atoms with E-state index in [4.69, 9.17) is 4.74 Å². The molecule has 3 aromatic rings.